The molecule has 2 unspecified atom stereocenters. The standard InChI is InChI=1S/C11H12F3NS2/c1-7-6-16-10(15-7)8-2-4-9(5-3-8)17-11(12,13)14/h2-5,7,10,15H,6H2,1H3. The summed E-state index contributed by atoms with van der Waals surface area (Å²) in [6.45, 7) is 2.10. The fourth-order valence-electron chi connectivity index (χ4n) is 1.63. The quantitative estimate of drug-likeness (QED) is 0.821. The van der Waals surface area contributed by atoms with Crippen molar-refractivity contribution < 1.29 is 13.2 Å². The fraction of sp³-hybridized carbons (Fsp3) is 0.455. The summed E-state index contributed by atoms with van der Waals surface area (Å²) >= 11 is 1.71. The van der Waals surface area contributed by atoms with Gasteiger partial charge in [-0.1, -0.05) is 12.1 Å². The molecule has 1 N–H and O–H groups in total. The molecule has 1 heterocycles. The monoisotopic (exact) mass is 279 g/mol. The Labute approximate surface area is 107 Å². The molecule has 0 aliphatic carbocycles. The van der Waals surface area contributed by atoms with E-state index < -0.39 is 5.51 Å². The van der Waals surface area contributed by atoms with Crippen LogP contribution in [0.2, 0.25) is 0 Å². The minimum absolute atomic E-state index is 0.0747. The van der Waals surface area contributed by atoms with E-state index in [1.165, 1.54) is 12.1 Å². The van der Waals surface area contributed by atoms with E-state index in [2.05, 4.69) is 12.2 Å². The molecule has 2 rings (SSSR count). The Morgan fingerprint density at radius 3 is 2.41 bits per heavy atom. The van der Waals surface area contributed by atoms with E-state index in [1.807, 2.05) is 0 Å². The zero-order valence-electron chi connectivity index (χ0n) is 9.12. The molecule has 0 radical (unpaired) electrons. The van der Waals surface area contributed by atoms with Gasteiger partial charge in [-0.05, 0) is 36.4 Å². The normalized spacial score (nSPS) is 25.2. The van der Waals surface area contributed by atoms with Gasteiger partial charge in [0.05, 0.1) is 5.37 Å². The molecule has 0 aromatic heterocycles. The van der Waals surface area contributed by atoms with Gasteiger partial charge in [-0.25, -0.2) is 0 Å². The molecule has 1 fully saturated rings. The molecule has 17 heavy (non-hydrogen) atoms. The van der Waals surface area contributed by atoms with Crippen molar-refractivity contribution in [3.63, 3.8) is 0 Å². The second kappa shape index (κ2) is 5.12. The summed E-state index contributed by atoms with van der Waals surface area (Å²) in [6.07, 6.45) is 0. The minimum atomic E-state index is -4.21. The van der Waals surface area contributed by atoms with Crippen LogP contribution in [0.15, 0.2) is 29.2 Å². The van der Waals surface area contributed by atoms with Crippen molar-refractivity contribution in [3.05, 3.63) is 29.8 Å². The first kappa shape index (κ1) is 13.1. The molecule has 1 aromatic rings. The molecule has 0 bridgehead atoms. The highest BCUT2D eigenvalue weighted by atomic mass is 32.2. The van der Waals surface area contributed by atoms with E-state index in [0.29, 0.717) is 6.04 Å². The molecule has 6 heteroatoms. The van der Waals surface area contributed by atoms with Crippen molar-refractivity contribution in [2.24, 2.45) is 0 Å². The van der Waals surface area contributed by atoms with E-state index >= 15 is 0 Å². The summed E-state index contributed by atoms with van der Waals surface area (Å²) in [5, 5.41) is 3.58. The van der Waals surface area contributed by atoms with Crippen LogP contribution in [0, 0.1) is 0 Å². The van der Waals surface area contributed by atoms with Crippen LogP contribution in [-0.4, -0.2) is 17.3 Å². The topological polar surface area (TPSA) is 12.0 Å². The van der Waals surface area contributed by atoms with E-state index in [1.54, 1.807) is 23.9 Å². The van der Waals surface area contributed by atoms with Gasteiger partial charge in [0, 0.05) is 16.7 Å². The van der Waals surface area contributed by atoms with E-state index in [4.69, 9.17) is 0 Å². The molecule has 0 saturated carbocycles. The Balaban J connectivity index is 2.03. The number of hydrogen-bond acceptors (Lipinski definition) is 3. The average molecular weight is 279 g/mol. The van der Waals surface area contributed by atoms with Gasteiger partial charge >= 0.3 is 5.51 Å². The lowest BCUT2D eigenvalue weighted by Crippen LogP contribution is -2.21. The summed E-state index contributed by atoms with van der Waals surface area (Å²) < 4.78 is 36.4. The number of halogens is 3. The summed E-state index contributed by atoms with van der Waals surface area (Å²) in [5.74, 6) is 1.03. The fourth-order valence-corrected chi connectivity index (χ4v) is 3.43. The summed E-state index contributed by atoms with van der Waals surface area (Å²) in [6, 6.07) is 7.03. The number of benzene rings is 1. The Bertz CT molecular complexity index is 377. The SMILES string of the molecule is CC1CSC(c2ccc(SC(F)(F)F)cc2)N1. The molecule has 1 aromatic carbocycles. The van der Waals surface area contributed by atoms with Crippen molar-refractivity contribution in [2.75, 3.05) is 5.75 Å². The minimum Gasteiger partial charge on any atom is -0.298 e. The van der Waals surface area contributed by atoms with Gasteiger partial charge in [0.1, 0.15) is 0 Å². The van der Waals surface area contributed by atoms with Crippen molar-refractivity contribution in [2.45, 2.75) is 28.7 Å². The number of rotatable bonds is 2. The largest absolute Gasteiger partial charge is 0.446 e. The van der Waals surface area contributed by atoms with E-state index in [9.17, 15) is 13.2 Å². The van der Waals surface area contributed by atoms with Crippen LogP contribution in [0.25, 0.3) is 0 Å². The van der Waals surface area contributed by atoms with Crippen LogP contribution >= 0.6 is 23.5 Å². The van der Waals surface area contributed by atoms with Crippen LogP contribution in [-0.2, 0) is 0 Å². The highest BCUT2D eigenvalue weighted by Gasteiger charge is 2.29. The lowest BCUT2D eigenvalue weighted by Gasteiger charge is -2.12. The predicted molar refractivity (Wildman–Crippen MR) is 66.2 cm³/mol. The van der Waals surface area contributed by atoms with Gasteiger partial charge in [-0.3, -0.25) is 5.32 Å². The van der Waals surface area contributed by atoms with Crippen LogP contribution in [0.4, 0.5) is 13.2 Å². The highest BCUT2D eigenvalue weighted by Crippen LogP contribution is 2.38. The van der Waals surface area contributed by atoms with Crippen LogP contribution < -0.4 is 5.32 Å². The molecule has 1 saturated heterocycles. The molecule has 2 atom stereocenters. The molecule has 1 aliphatic heterocycles. The van der Waals surface area contributed by atoms with Crippen LogP contribution in [0.5, 0.6) is 0 Å². The summed E-state index contributed by atoms with van der Waals surface area (Å²) in [4.78, 5) is 0.234. The number of alkyl halides is 3. The Hall–Kier alpha value is -0.330. The van der Waals surface area contributed by atoms with Crippen molar-refractivity contribution in [1.29, 1.82) is 0 Å². The summed E-state index contributed by atoms with van der Waals surface area (Å²) in [5.41, 5.74) is -3.18. The third-order valence-electron chi connectivity index (χ3n) is 2.37. The van der Waals surface area contributed by atoms with E-state index in [-0.39, 0.29) is 22.0 Å². The molecule has 94 valence electrons. The second-order valence-corrected chi connectivity index (χ2v) is 6.17. The lowest BCUT2D eigenvalue weighted by molar-refractivity contribution is -0.0328. The molecular formula is C11H12F3NS2. The Kier molecular flexibility index (Phi) is 3.95. The van der Waals surface area contributed by atoms with Crippen molar-refractivity contribution in [3.8, 4) is 0 Å². The Morgan fingerprint density at radius 1 is 1.29 bits per heavy atom. The number of nitrogens with one attached hydrogen (secondary N) is 1. The number of hydrogen-bond donors (Lipinski definition) is 1. The zero-order valence-corrected chi connectivity index (χ0v) is 10.8. The highest BCUT2D eigenvalue weighted by molar-refractivity contribution is 8.00. The third-order valence-corrected chi connectivity index (χ3v) is 4.54. The molecule has 1 nitrogen and oxygen atoms in total. The first-order valence-electron chi connectivity index (χ1n) is 5.17. The smallest absolute Gasteiger partial charge is 0.298 e. The zero-order chi connectivity index (χ0) is 12.5. The first-order chi connectivity index (χ1) is 7.94. The van der Waals surface area contributed by atoms with Gasteiger partial charge in [0.2, 0.25) is 0 Å². The molecular weight excluding hydrogens is 267 g/mol. The molecule has 0 amide bonds. The average Bonchev–Trinajstić information content (AvgIpc) is 2.63. The predicted octanol–water partition coefficient (Wildman–Crippen LogP) is 4.02. The van der Waals surface area contributed by atoms with Crippen LogP contribution in [0.1, 0.15) is 17.9 Å². The second-order valence-electron chi connectivity index (χ2n) is 3.90. The molecule has 0 spiro atoms. The van der Waals surface area contributed by atoms with Gasteiger partial charge in [0.25, 0.3) is 0 Å². The Morgan fingerprint density at radius 2 is 1.94 bits per heavy atom. The van der Waals surface area contributed by atoms with Gasteiger partial charge in [-0.15, -0.1) is 11.8 Å². The van der Waals surface area contributed by atoms with E-state index in [0.717, 1.165) is 11.3 Å². The number of thioether (sulfide) groups is 2. The molecule has 1 aliphatic rings. The lowest BCUT2D eigenvalue weighted by atomic mass is 10.2. The first-order valence-corrected chi connectivity index (χ1v) is 7.04. The van der Waals surface area contributed by atoms with Crippen molar-refractivity contribution >= 4 is 23.5 Å². The maximum atomic E-state index is 12.1. The maximum absolute atomic E-state index is 12.1. The van der Waals surface area contributed by atoms with Crippen molar-refractivity contribution in [1.82, 2.24) is 5.32 Å². The summed E-state index contributed by atoms with van der Waals surface area (Å²) in [7, 11) is 0. The van der Waals surface area contributed by atoms with Gasteiger partial charge in [-0.2, -0.15) is 13.2 Å². The van der Waals surface area contributed by atoms with Crippen LogP contribution in [0.3, 0.4) is 0 Å². The van der Waals surface area contributed by atoms with Gasteiger partial charge < -0.3 is 0 Å². The van der Waals surface area contributed by atoms with Gasteiger partial charge in [0.15, 0.2) is 0 Å². The third kappa shape index (κ3) is 3.82. The maximum Gasteiger partial charge on any atom is 0.446 e.